The van der Waals surface area contributed by atoms with Crippen molar-refractivity contribution in [3.63, 3.8) is 0 Å². The molecular formula is C21H26O6. The summed E-state index contributed by atoms with van der Waals surface area (Å²) in [6, 6.07) is 0. The number of rotatable bonds is 4. The number of aldehydes is 2. The fourth-order valence-electron chi connectivity index (χ4n) is 7.08. The lowest BCUT2D eigenvalue weighted by Crippen LogP contribution is -2.59. The first kappa shape index (κ1) is 18.7. The molecule has 27 heavy (non-hydrogen) atoms. The van der Waals surface area contributed by atoms with Crippen LogP contribution in [0.3, 0.4) is 0 Å². The number of allylic oxidation sites excluding steroid dienone is 1. The first-order valence-corrected chi connectivity index (χ1v) is 9.91. The highest BCUT2D eigenvalue weighted by Crippen LogP contribution is 2.65. The van der Waals surface area contributed by atoms with E-state index in [-0.39, 0.29) is 35.7 Å². The van der Waals surface area contributed by atoms with Crippen molar-refractivity contribution in [3.8, 4) is 0 Å². The van der Waals surface area contributed by atoms with Gasteiger partial charge < -0.3 is 19.8 Å². The average Bonchev–Trinajstić information content (AvgIpc) is 3.06. The molecule has 0 amide bonds. The standard InChI is InChI=1S/C21H26O6/c22-9-18(27)16-4-3-15-14-2-1-12-7-13(25)5-6-20(12,10-23)19(14)17(26)8-21(15,16)11-24/h7,10-11,14-17,19,22,26H,1-6,8-9H2/t14-,15-,16+,17-,19+,20+,21+/m0/s1. The van der Waals surface area contributed by atoms with Crippen molar-refractivity contribution in [2.24, 2.45) is 34.5 Å². The lowest BCUT2D eigenvalue weighted by molar-refractivity contribution is -0.160. The van der Waals surface area contributed by atoms with Gasteiger partial charge in [0.15, 0.2) is 11.6 Å². The molecule has 0 saturated heterocycles. The number of carbonyl (C=O) groups is 4. The molecule has 0 heterocycles. The van der Waals surface area contributed by atoms with Gasteiger partial charge in [0.25, 0.3) is 0 Å². The molecule has 0 aromatic heterocycles. The van der Waals surface area contributed by atoms with Crippen molar-refractivity contribution in [3.05, 3.63) is 11.6 Å². The predicted octanol–water partition coefficient (Wildman–Crippen LogP) is 1.02. The highest BCUT2D eigenvalue weighted by Gasteiger charge is 2.65. The minimum atomic E-state index is -0.948. The smallest absolute Gasteiger partial charge is 0.162 e. The highest BCUT2D eigenvalue weighted by molar-refractivity contribution is 5.93. The van der Waals surface area contributed by atoms with Crippen LogP contribution in [0.2, 0.25) is 0 Å². The molecule has 2 N–H and O–H groups in total. The van der Waals surface area contributed by atoms with Gasteiger partial charge in [0.1, 0.15) is 19.2 Å². The second-order valence-electron chi connectivity index (χ2n) is 8.88. The molecule has 0 aromatic carbocycles. The second kappa shape index (κ2) is 6.45. The number of aliphatic hydroxyl groups excluding tert-OH is 2. The number of carbonyl (C=O) groups excluding carboxylic acids is 4. The molecule has 0 aromatic rings. The van der Waals surface area contributed by atoms with Crippen molar-refractivity contribution in [2.75, 3.05) is 6.61 Å². The molecule has 146 valence electrons. The zero-order valence-corrected chi connectivity index (χ0v) is 15.3. The van der Waals surface area contributed by atoms with Crippen LogP contribution < -0.4 is 0 Å². The zero-order chi connectivity index (χ0) is 19.4. The summed E-state index contributed by atoms with van der Waals surface area (Å²) in [6.45, 7) is -0.593. The lowest BCUT2D eigenvalue weighted by Gasteiger charge is -2.58. The van der Waals surface area contributed by atoms with Gasteiger partial charge in [-0.2, -0.15) is 0 Å². The van der Waals surface area contributed by atoms with E-state index in [9.17, 15) is 29.4 Å². The van der Waals surface area contributed by atoms with Crippen LogP contribution in [0.4, 0.5) is 0 Å². The number of aliphatic hydroxyl groups is 2. The molecule has 6 nitrogen and oxygen atoms in total. The van der Waals surface area contributed by atoms with Crippen molar-refractivity contribution in [1.82, 2.24) is 0 Å². The molecular weight excluding hydrogens is 348 g/mol. The normalized spacial score (nSPS) is 45.9. The molecule has 0 bridgehead atoms. The van der Waals surface area contributed by atoms with E-state index in [1.807, 2.05) is 0 Å². The molecule has 7 atom stereocenters. The Bertz CT molecular complexity index is 726. The summed E-state index contributed by atoms with van der Waals surface area (Å²) in [5.41, 5.74) is -0.950. The number of Topliss-reactive ketones (excluding diaryl/α,β-unsaturated/α-hetero) is 1. The molecule has 3 saturated carbocycles. The largest absolute Gasteiger partial charge is 0.393 e. The van der Waals surface area contributed by atoms with Gasteiger partial charge in [0.05, 0.1) is 11.5 Å². The number of hydrogen-bond donors (Lipinski definition) is 2. The maximum Gasteiger partial charge on any atom is 0.162 e. The van der Waals surface area contributed by atoms with E-state index in [0.29, 0.717) is 38.5 Å². The Morgan fingerprint density at radius 1 is 1.19 bits per heavy atom. The molecule has 0 unspecified atom stereocenters. The van der Waals surface area contributed by atoms with E-state index in [4.69, 9.17) is 0 Å². The first-order valence-electron chi connectivity index (χ1n) is 9.91. The Morgan fingerprint density at radius 3 is 2.63 bits per heavy atom. The molecule has 0 radical (unpaired) electrons. The highest BCUT2D eigenvalue weighted by atomic mass is 16.3. The van der Waals surface area contributed by atoms with Crippen LogP contribution in [0.25, 0.3) is 0 Å². The maximum absolute atomic E-state index is 12.3. The SMILES string of the molecule is O=C[C@]12C[C@H](O)[C@H]3[C@@H](CCC4=CC(=O)CC[C@@]43C=O)[C@@H]1CC[C@@H]2C(=O)CO. The first-order chi connectivity index (χ1) is 12.9. The van der Waals surface area contributed by atoms with E-state index in [1.54, 1.807) is 6.08 Å². The summed E-state index contributed by atoms with van der Waals surface area (Å²) in [5.74, 6) is -1.28. The third-order valence-electron chi connectivity index (χ3n) is 8.09. The molecule has 6 heteroatoms. The molecule has 3 fully saturated rings. The van der Waals surface area contributed by atoms with Crippen LogP contribution >= 0.6 is 0 Å². The van der Waals surface area contributed by atoms with Crippen LogP contribution in [0.15, 0.2) is 11.6 Å². The van der Waals surface area contributed by atoms with Gasteiger partial charge in [-0.3, -0.25) is 9.59 Å². The fraction of sp³-hybridized carbons (Fsp3) is 0.714. The summed E-state index contributed by atoms with van der Waals surface area (Å²) in [6.07, 6.45) is 5.88. The number of ketones is 2. The lowest BCUT2D eigenvalue weighted by atomic mass is 9.45. The van der Waals surface area contributed by atoms with Crippen molar-refractivity contribution < 1.29 is 29.4 Å². The zero-order valence-electron chi connectivity index (χ0n) is 15.3. The van der Waals surface area contributed by atoms with Gasteiger partial charge in [-0.15, -0.1) is 0 Å². The molecule has 0 spiro atoms. The third kappa shape index (κ3) is 2.39. The molecule has 4 aliphatic carbocycles. The van der Waals surface area contributed by atoms with E-state index in [2.05, 4.69) is 0 Å². The van der Waals surface area contributed by atoms with Crippen LogP contribution in [0.1, 0.15) is 44.9 Å². The average molecular weight is 374 g/mol. The Morgan fingerprint density at radius 2 is 1.96 bits per heavy atom. The van der Waals surface area contributed by atoms with Crippen LogP contribution in [-0.2, 0) is 19.2 Å². The summed E-state index contributed by atoms with van der Waals surface area (Å²) >= 11 is 0. The Balaban J connectivity index is 1.77. The van der Waals surface area contributed by atoms with E-state index in [1.165, 1.54) is 0 Å². The summed E-state index contributed by atoms with van der Waals surface area (Å²) < 4.78 is 0. The Labute approximate surface area is 158 Å². The van der Waals surface area contributed by atoms with Crippen molar-refractivity contribution in [1.29, 1.82) is 0 Å². The van der Waals surface area contributed by atoms with Gasteiger partial charge in [-0.25, -0.2) is 0 Å². The monoisotopic (exact) mass is 374 g/mol. The van der Waals surface area contributed by atoms with Crippen molar-refractivity contribution in [2.45, 2.75) is 51.0 Å². The van der Waals surface area contributed by atoms with E-state index < -0.39 is 29.5 Å². The molecule has 4 rings (SSSR count). The van der Waals surface area contributed by atoms with E-state index in [0.717, 1.165) is 18.1 Å². The quantitative estimate of drug-likeness (QED) is 0.712. The third-order valence-corrected chi connectivity index (χ3v) is 8.09. The van der Waals surface area contributed by atoms with Gasteiger partial charge in [0.2, 0.25) is 0 Å². The summed E-state index contributed by atoms with van der Waals surface area (Å²) in [7, 11) is 0. The minimum Gasteiger partial charge on any atom is -0.393 e. The summed E-state index contributed by atoms with van der Waals surface area (Å²) in [4.78, 5) is 48.7. The summed E-state index contributed by atoms with van der Waals surface area (Å²) in [5, 5.41) is 20.5. The number of hydrogen-bond acceptors (Lipinski definition) is 6. The number of fused-ring (bicyclic) bond motifs is 5. The van der Waals surface area contributed by atoms with Crippen molar-refractivity contribution >= 4 is 24.1 Å². The maximum atomic E-state index is 12.3. The van der Waals surface area contributed by atoms with Gasteiger partial charge in [-0.05, 0) is 56.4 Å². The fourth-order valence-corrected chi connectivity index (χ4v) is 7.08. The van der Waals surface area contributed by atoms with Crippen LogP contribution in [0.5, 0.6) is 0 Å². The van der Waals surface area contributed by atoms with E-state index >= 15 is 0 Å². The predicted molar refractivity (Wildman–Crippen MR) is 94.5 cm³/mol. The van der Waals surface area contributed by atoms with Gasteiger partial charge >= 0.3 is 0 Å². The topological polar surface area (TPSA) is 109 Å². The molecule has 0 aliphatic heterocycles. The second-order valence-corrected chi connectivity index (χ2v) is 8.88. The van der Waals surface area contributed by atoms with Crippen LogP contribution in [0, 0.1) is 34.5 Å². The molecule has 4 aliphatic rings. The Kier molecular flexibility index (Phi) is 4.47. The Hall–Kier alpha value is -1.66. The van der Waals surface area contributed by atoms with Gasteiger partial charge in [0, 0.05) is 23.7 Å². The van der Waals surface area contributed by atoms with Gasteiger partial charge in [-0.1, -0.05) is 5.57 Å². The van der Waals surface area contributed by atoms with Crippen LogP contribution in [-0.4, -0.2) is 47.1 Å². The minimum absolute atomic E-state index is 0.0305.